The van der Waals surface area contributed by atoms with Crippen LogP contribution >= 0.6 is 11.3 Å². The third-order valence-electron chi connectivity index (χ3n) is 4.06. The van der Waals surface area contributed by atoms with E-state index >= 15 is 0 Å². The number of carbonyl (C=O) groups is 1. The highest BCUT2D eigenvalue weighted by molar-refractivity contribution is 7.09. The smallest absolute Gasteiger partial charge is 0.235 e. The van der Waals surface area contributed by atoms with Crippen LogP contribution in [0.5, 0.6) is 0 Å². The lowest BCUT2D eigenvalue weighted by molar-refractivity contribution is -0.123. The Balaban J connectivity index is 1.65. The molecule has 1 unspecified atom stereocenters. The quantitative estimate of drug-likeness (QED) is 0.877. The summed E-state index contributed by atoms with van der Waals surface area (Å²) in [6.45, 7) is 1.89. The number of aliphatic hydroxyl groups excluding tert-OH is 1. The number of likely N-dealkylation sites (tertiary alicyclic amines) is 1. The minimum atomic E-state index is -0.221. The van der Waals surface area contributed by atoms with Gasteiger partial charge in [0, 0.05) is 24.7 Å². The maximum atomic E-state index is 12.4. The fraction of sp³-hybridized carbons (Fsp3) is 0.412. The molecule has 1 aliphatic heterocycles. The lowest BCUT2D eigenvalue weighted by atomic mass is 10.1. The molecule has 5 nitrogen and oxygen atoms in total. The zero-order valence-corrected chi connectivity index (χ0v) is 13.7. The number of carbonyl (C=O) groups excluding carboxylic acids is 1. The van der Waals surface area contributed by atoms with E-state index in [0.29, 0.717) is 6.54 Å². The van der Waals surface area contributed by atoms with Crippen molar-refractivity contribution >= 4 is 17.2 Å². The monoisotopic (exact) mass is 331 g/mol. The predicted molar refractivity (Wildman–Crippen MR) is 90.2 cm³/mol. The molecule has 0 saturated carbocycles. The molecular formula is C17H21N3O2S. The molecule has 1 aromatic carbocycles. The maximum absolute atomic E-state index is 12.4. The fourth-order valence-electron chi connectivity index (χ4n) is 2.80. The number of piperidine rings is 1. The largest absolute Gasteiger partial charge is 0.393 e. The average Bonchev–Trinajstić information content (AvgIpc) is 3.10. The van der Waals surface area contributed by atoms with Crippen LogP contribution in [0.4, 0.5) is 0 Å². The minimum absolute atomic E-state index is 0.00885. The van der Waals surface area contributed by atoms with Crippen LogP contribution in [0.1, 0.15) is 29.5 Å². The molecule has 1 saturated heterocycles. The molecule has 122 valence electrons. The van der Waals surface area contributed by atoms with Gasteiger partial charge in [0.2, 0.25) is 5.91 Å². The van der Waals surface area contributed by atoms with E-state index in [0.717, 1.165) is 36.5 Å². The van der Waals surface area contributed by atoms with Crippen molar-refractivity contribution in [2.75, 3.05) is 19.6 Å². The first-order chi connectivity index (χ1) is 11.2. The number of nitrogens with one attached hydrogen (secondary N) is 1. The van der Waals surface area contributed by atoms with E-state index in [4.69, 9.17) is 0 Å². The third-order valence-corrected chi connectivity index (χ3v) is 4.90. The molecule has 1 fully saturated rings. The second kappa shape index (κ2) is 7.68. The molecule has 1 aromatic heterocycles. The van der Waals surface area contributed by atoms with Crippen LogP contribution in [0.2, 0.25) is 0 Å². The van der Waals surface area contributed by atoms with E-state index in [1.165, 1.54) is 0 Å². The predicted octanol–water partition coefficient (Wildman–Crippen LogP) is 1.81. The van der Waals surface area contributed by atoms with Gasteiger partial charge >= 0.3 is 0 Å². The maximum Gasteiger partial charge on any atom is 0.235 e. The first-order valence-corrected chi connectivity index (χ1v) is 8.74. The molecule has 6 heteroatoms. The SMILES string of the molecule is O=C(CN1CCC(O)CC1)NC(c1ccccc1)c1nccs1. The van der Waals surface area contributed by atoms with E-state index < -0.39 is 0 Å². The Morgan fingerprint density at radius 3 is 2.74 bits per heavy atom. The van der Waals surface area contributed by atoms with Gasteiger partial charge in [0.1, 0.15) is 11.0 Å². The Hall–Kier alpha value is -1.76. The third kappa shape index (κ3) is 4.37. The van der Waals surface area contributed by atoms with Gasteiger partial charge in [-0.1, -0.05) is 30.3 Å². The van der Waals surface area contributed by atoms with Crippen LogP contribution in [0.15, 0.2) is 41.9 Å². The van der Waals surface area contributed by atoms with Crippen molar-refractivity contribution in [3.63, 3.8) is 0 Å². The molecule has 0 spiro atoms. The first-order valence-electron chi connectivity index (χ1n) is 7.86. The van der Waals surface area contributed by atoms with Gasteiger partial charge in [0.15, 0.2) is 0 Å². The van der Waals surface area contributed by atoms with E-state index in [2.05, 4.69) is 15.2 Å². The second-order valence-electron chi connectivity index (χ2n) is 5.79. The van der Waals surface area contributed by atoms with E-state index in [1.807, 2.05) is 35.7 Å². The van der Waals surface area contributed by atoms with Gasteiger partial charge in [-0.15, -0.1) is 11.3 Å². The molecule has 0 bridgehead atoms. The molecular weight excluding hydrogens is 310 g/mol. The summed E-state index contributed by atoms with van der Waals surface area (Å²) in [6, 6.07) is 9.69. The van der Waals surface area contributed by atoms with Gasteiger partial charge in [-0.05, 0) is 18.4 Å². The molecule has 2 heterocycles. The van der Waals surface area contributed by atoms with Crippen molar-refractivity contribution in [1.82, 2.24) is 15.2 Å². The normalized spacial score (nSPS) is 17.8. The van der Waals surface area contributed by atoms with Crippen LogP contribution in [0, 0.1) is 0 Å². The Kier molecular flexibility index (Phi) is 5.38. The number of nitrogens with zero attached hydrogens (tertiary/aromatic N) is 2. The van der Waals surface area contributed by atoms with E-state index in [-0.39, 0.29) is 18.1 Å². The average molecular weight is 331 g/mol. The molecule has 0 radical (unpaired) electrons. The van der Waals surface area contributed by atoms with Gasteiger partial charge in [-0.2, -0.15) is 0 Å². The summed E-state index contributed by atoms with van der Waals surface area (Å²) in [5.41, 5.74) is 1.03. The van der Waals surface area contributed by atoms with Gasteiger partial charge in [0.05, 0.1) is 12.6 Å². The molecule has 23 heavy (non-hydrogen) atoms. The van der Waals surface area contributed by atoms with Gasteiger partial charge < -0.3 is 10.4 Å². The van der Waals surface area contributed by atoms with Crippen molar-refractivity contribution in [2.24, 2.45) is 0 Å². The number of aromatic nitrogens is 1. The second-order valence-corrected chi connectivity index (χ2v) is 6.72. The van der Waals surface area contributed by atoms with Crippen molar-refractivity contribution in [1.29, 1.82) is 0 Å². The Labute approximate surface area is 140 Å². The summed E-state index contributed by atoms with van der Waals surface area (Å²) in [6.07, 6.45) is 3.01. The number of amides is 1. The highest BCUT2D eigenvalue weighted by Crippen LogP contribution is 2.23. The zero-order chi connectivity index (χ0) is 16.1. The summed E-state index contributed by atoms with van der Waals surface area (Å²) in [5, 5.41) is 15.5. The summed E-state index contributed by atoms with van der Waals surface area (Å²) in [7, 11) is 0. The van der Waals surface area contributed by atoms with Crippen LogP contribution in [-0.2, 0) is 4.79 Å². The Morgan fingerprint density at radius 2 is 2.09 bits per heavy atom. The van der Waals surface area contributed by atoms with Crippen molar-refractivity contribution in [3.05, 3.63) is 52.5 Å². The first kappa shape index (κ1) is 16.1. The molecule has 2 N–H and O–H groups in total. The topological polar surface area (TPSA) is 65.5 Å². The van der Waals surface area contributed by atoms with Crippen LogP contribution < -0.4 is 5.32 Å². The number of thiazole rings is 1. The number of hydrogen-bond donors (Lipinski definition) is 2. The molecule has 2 aromatic rings. The Morgan fingerprint density at radius 1 is 1.35 bits per heavy atom. The van der Waals surface area contributed by atoms with Gasteiger partial charge in [0.25, 0.3) is 0 Å². The van der Waals surface area contributed by atoms with Crippen LogP contribution in [0.3, 0.4) is 0 Å². The van der Waals surface area contributed by atoms with Gasteiger partial charge in [-0.25, -0.2) is 4.98 Å². The number of aliphatic hydroxyl groups is 1. The summed E-state index contributed by atoms with van der Waals surface area (Å²) in [5.74, 6) is -0.00885. The van der Waals surface area contributed by atoms with Crippen molar-refractivity contribution in [2.45, 2.75) is 25.0 Å². The van der Waals surface area contributed by atoms with Crippen molar-refractivity contribution < 1.29 is 9.90 Å². The highest BCUT2D eigenvalue weighted by Gasteiger charge is 2.22. The summed E-state index contributed by atoms with van der Waals surface area (Å²) >= 11 is 1.54. The number of rotatable bonds is 5. The minimum Gasteiger partial charge on any atom is -0.393 e. The molecule has 1 amide bonds. The molecule has 1 aliphatic rings. The summed E-state index contributed by atoms with van der Waals surface area (Å²) in [4.78, 5) is 18.9. The molecule has 0 aliphatic carbocycles. The molecule has 3 rings (SSSR count). The fourth-order valence-corrected chi connectivity index (χ4v) is 3.51. The van der Waals surface area contributed by atoms with Gasteiger partial charge in [-0.3, -0.25) is 9.69 Å². The zero-order valence-electron chi connectivity index (χ0n) is 12.9. The number of benzene rings is 1. The standard InChI is InChI=1S/C17H21N3O2S/c21-14-6-9-20(10-7-14)12-15(22)19-16(17-18-8-11-23-17)13-4-2-1-3-5-13/h1-5,8,11,14,16,21H,6-7,9-10,12H2,(H,19,22). The lowest BCUT2D eigenvalue weighted by Crippen LogP contribution is -2.43. The summed E-state index contributed by atoms with van der Waals surface area (Å²) < 4.78 is 0. The molecule has 1 atom stereocenters. The highest BCUT2D eigenvalue weighted by atomic mass is 32.1. The van der Waals surface area contributed by atoms with E-state index in [1.54, 1.807) is 17.5 Å². The van der Waals surface area contributed by atoms with Crippen molar-refractivity contribution in [3.8, 4) is 0 Å². The van der Waals surface area contributed by atoms with Crippen LogP contribution in [-0.4, -0.2) is 46.6 Å². The van der Waals surface area contributed by atoms with E-state index in [9.17, 15) is 9.90 Å². The van der Waals surface area contributed by atoms with Crippen LogP contribution in [0.25, 0.3) is 0 Å². The lowest BCUT2D eigenvalue weighted by Gasteiger charge is -2.29. The Bertz CT molecular complexity index is 610. The number of hydrogen-bond acceptors (Lipinski definition) is 5.